The molecule has 7 nitrogen and oxygen atoms in total. The first-order chi connectivity index (χ1) is 11.1. The number of esters is 2. The molecule has 0 spiro atoms. The highest BCUT2D eigenvalue weighted by atomic mass is 16.5. The quantitative estimate of drug-likeness (QED) is 0.366. The topological polar surface area (TPSA) is 85.1 Å². The number of hydrogen-bond acceptors (Lipinski definition) is 7. The zero-order chi connectivity index (χ0) is 19.1. The average molecular weight is 348 g/mol. The molecule has 0 fully saturated rings. The van der Waals surface area contributed by atoms with Gasteiger partial charge in [-0.2, -0.15) is 0 Å². The van der Waals surface area contributed by atoms with E-state index in [-0.39, 0.29) is 18.0 Å². The molecule has 24 heavy (non-hydrogen) atoms. The van der Waals surface area contributed by atoms with Crippen LogP contribution in [-0.2, 0) is 19.1 Å². The number of ether oxygens (including phenoxy) is 2. The molecule has 0 aromatic heterocycles. The zero-order valence-electron chi connectivity index (χ0n) is 16.5. The summed E-state index contributed by atoms with van der Waals surface area (Å²) in [4.78, 5) is 23.9. The fraction of sp³-hybridized carbons (Fsp3) is 0.882. The van der Waals surface area contributed by atoms with Gasteiger partial charge >= 0.3 is 11.9 Å². The van der Waals surface area contributed by atoms with E-state index in [1.807, 2.05) is 27.8 Å². The lowest BCUT2D eigenvalue weighted by Gasteiger charge is -2.19. The minimum absolute atomic E-state index is 0.106. The SMILES string of the molecule is CCOC(=O)CCN(C)C(C)C.CCOC(=O)CCN(N)C(C)C. The highest BCUT2D eigenvalue weighted by molar-refractivity contribution is 5.69. The van der Waals surface area contributed by atoms with Gasteiger partial charge in [-0.15, -0.1) is 0 Å². The Morgan fingerprint density at radius 3 is 1.62 bits per heavy atom. The fourth-order valence-electron chi connectivity index (χ4n) is 1.47. The van der Waals surface area contributed by atoms with E-state index in [0.717, 1.165) is 6.54 Å². The Balaban J connectivity index is 0. The third-order valence-electron chi connectivity index (χ3n) is 3.40. The molecule has 0 heterocycles. The first-order valence-electron chi connectivity index (χ1n) is 8.68. The van der Waals surface area contributed by atoms with Crippen LogP contribution in [0.5, 0.6) is 0 Å². The third-order valence-corrected chi connectivity index (χ3v) is 3.40. The van der Waals surface area contributed by atoms with Crippen molar-refractivity contribution < 1.29 is 19.1 Å². The summed E-state index contributed by atoms with van der Waals surface area (Å²) < 4.78 is 9.56. The van der Waals surface area contributed by atoms with Gasteiger partial charge < -0.3 is 14.4 Å². The lowest BCUT2D eigenvalue weighted by molar-refractivity contribution is -0.144. The van der Waals surface area contributed by atoms with E-state index in [0.29, 0.717) is 38.6 Å². The summed E-state index contributed by atoms with van der Waals surface area (Å²) in [5, 5.41) is 1.62. The molecule has 0 aliphatic carbocycles. The van der Waals surface area contributed by atoms with Gasteiger partial charge in [-0.3, -0.25) is 15.4 Å². The monoisotopic (exact) mass is 347 g/mol. The van der Waals surface area contributed by atoms with Crippen LogP contribution in [0.4, 0.5) is 0 Å². The molecule has 0 aromatic rings. The van der Waals surface area contributed by atoms with Gasteiger partial charge in [0.25, 0.3) is 0 Å². The highest BCUT2D eigenvalue weighted by Crippen LogP contribution is 1.96. The normalized spacial score (nSPS) is 10.8. The zero-order valence-corrected chi connectivity index (χ0v) is 16.5. The Morgan fingerprint density at radius 2 is 1.29 bits per heavy atom. The van der Waals surface area contributed by atoms with Gasteiger partial charge in [0.2, 0.25) is 0 Å². The van der Waals surface area contributed by atoms with Gasteiger partial charge in [0.05, 0.1) is 26.1 Å². The molecule has 0 rings (SSSR count). The minimum atomic E-state index is -0.186. The van der Waals surface area contributed by atoms with E-state index in [1.165, 1.54) is 0 Å². The second-order valence-corrected chi connectivity index (χ2v) is 6.02. The van der Waals surface area contributed by atoms with E-state index >= 15 is 0 Å². The number of carbonyl (C=O) groups excluding carboxylic acids is 2. The second kappa shape index (κ2) is 15.4. The number of hydrogen-bond donors (Lipinski definition) is 1. The van der Waals surface area contributed by atoms with Gasteiger partial charge in [-0.1, -0.05) is 0 Å². The maximum Gasteiger partial charge on any atom is 0.307 e. The predicted molar refractivity (Wildman–Crippen MR) is 96.3 cm³/mol. The lowest BCUT2D eigenvalue weighted by Crippen LogP contribution is -2.39. The first-order valence-corrected chi connectivity index (χ1v) is 8.68. The second-order valence-electron chi connectivity index (χ2n) is 6.02. The van der Waals surface area contributed by atoms with Crippen molar-refractivity contribution >= 4 is 11.9 Å². The number of hydrazine groups is 1. The molecule has 0 atom stereocenters. The molecule has 7 heteroatoms. The maximum absolute atomic E-state index is 10.9. The summed E-state index contributed by atoms with van der Waals surface area (Å²) in [6, 6.07) is 0.749. The molecule has 0 saturated heterocycles. The Kier molecular flexibility index (Phi) is 16.0. The van der Waals surface area contributed by atoms with Crippen LogP contribution in [0.15, 0.2) is 0 Å². The third kappa shape index (κ3) is 15.7. The van der Waals surface area contributed by atoms with Crippen LogP contribution in [0.1, 0.15) is 54.4 Å². The van der Waals surface area contributed by atoms with E-state index in [9.17, 15) is 9.59 Å². The Bertz CT molecular complexity index is 304. The van der Waals surface area contributed by atoms with Crippen molar-refractivity contribution in [1.29, 1.82) is 0 Å². The van der Waals surface area contributed by atoms with E-state index < -0.39 is 0 Å². The molecular formula is C17H37N3O4. The van der Waals surface area contributed by atoms with Gasteiger partial charge in [0.15, 0.2) is 0 Å². The summed E-state index contributed by atoms with van der Waals surface area (Å²) >= 11 is 0. The number of nitrogens with zero attached hydrogens (tertiary/aromatic N) is 2. The summed E-state index contributed by atoms with van der Waals surface area (Å²) in [5.41, 5.74) is 0. The molecule has 2 N–H and O–H groups in total. The van der Waals surface area contributed by atoms with Crippen molar-refractivity contribution in [2.75, 3.05) is 33.4 Å². The largest absolute Gasteiger partial charge is 0.466 e. The fourth-order valence-corrected chi connectivity index (χ4v) is 1.47. The Labute approximate surface area is 147 Å². The van der Waals surface area contributed by atoms with E-state index in [4.69, 9.17) is 15.3 Å². The number of rotatable bonds is 10. The van der Waals surface area contributed by atoms with Crippen LogP contribution in [0, 0.1) is 0 Å². The number of carbonyl (C=O) groups is 2. The van der Waals surface area contributed by atoms with Crippen molar-refractivity contribution in [2.24, 2.45) is 5.84 Å². The maximum atomic E-state index is 10.9. The standard InChI is InChI=1S/C9H19NO2.C8H18N2O2/c1-5-12-9(11)6-7-10(4)8(2)3;1-4-12-8(11)5-6-10(9)7(2)3/h8H,5-7H2,1-4H3;7H,4-6,9H2,1-3H3. The van der Waals surface area contributed by atoms with Crippen molar-refractivity contribution in [3.05, 3.63) is 0 Å². The molecule has 0 aliphatic rings. The van der Waals surface area contributed by atoms with E-state index in [1.54, 1.807) is 11.9 Å². The summed E-state index contributed by atoms with van der Waals surface area (Å²) in [5.74, 6) is 5.29. The Morgan fingerprint density at radius 1 is 0.875 bits per heavy atom. The van der Waals surface area contributed by atoms with Crippen LogP contribution >= 0.6 is 0 Å². The van der Waals surface area contributed by atoms with E-state index in [2.05, 4.69) is 18.7 Å². The summed E-state index contributed by atoms with van der Waals surface area (Å²) in [6.07, 6.45) is 0.852. The van der Waals surface area contributed by atoms with Crippen LogP contribution < -0.4 is 5.84 Å². The molecule has 0 aromatic carbocycles. The highest BCUT2D eigenvalue weighted by Gasteiger charge is 2.08. The minimum Gasteiger partial charge on any atom is -0.466 e. The van der Waals surface area contributed by atoms with Gasteiger partial charge in [0, 0.05) is 25.2 Å². The van der Waals surface area contributed by atoms with Gasteiger partial charge in [-0.05, 0) is 48.6 Å². The molecular weight excluding hydrogens is 310 g/mol. The average Bonchev–Trinajstić information content (AvgIpc) is 2.51. The van der Waals surface area contributed by atoms with Crippen molar-refractivity contribution in [2.45, 2.75) is 66.5 Å². The smallest absolute Gasteiger partial charge is 0.307 e. The molecule has 0 amide bonds. The van der Waals surface area contributed by atoms with Crippen LogP contribution in [-0.4, -0.2) is 67.3 Å². The Hall–Kier alpha value is -1.18. The molecule has 144 valence electrons. The molecule has 0 aliphatic heterocycles. The lowest BCUT2D eigenvalue weighted by atomic mass is 10.3. The van der Waals surface area contributed by atoms with Crippen LogP contribution in [0.3, 0.4) is 0 Å². The molecule has 0 saturated carbocycles. The van der Waals surface area contributed by atoms with Crippen molar-refractivity contribution in [3.63, 3.8) is 0 Å². The predicted octanol–water partition coefficient (Wildman–Crippen LogP) is 1.80. The van der Waals surface area contributed by atoms with Gasteiger partial charge in [0.1, 0.15) is 0 Å². The summed E-state index contributed by atoms with van der Waals surface area (Å²) in [6.45, 7) is 14.0. The van der Waals surface area contributed by atoms with Crippen molar-refractivity contribution in [1.82, 2.24) is 9.91 Å². The van der Waals surface area contributed by atoms with Crippen LogP contribution in [0.25, 0.3) is 0 Å². The van der Waals surface area contributed by atoms with Gasteiger partial charge in [-0.25, -0.2) is 5.01 Å². The molecule has 0 unspecified atom stereocenters. The molecule has 0 bridgehead atoms. The first kappa shape index (κ1) is 25.1. The van der Waals surface area contributed by atoms with Crippen molar-refractivity contribution in [3.8, 4) is 0 Å². The number of nitrogens with two attached hydrogens (primary N) is 1. The molecule has 0 radical (unpaired) electrons. The van der Waals surface area contributed by atoms with Crippen LogP contribution in [0.2, 0.25) is 0 Å². The summed E-state index contributed by atoms with van der Waals surface area (Å²) in [7, 11) is 2.00.